The van der Waals surface area contributed by atoms with Crippen molar-refractivity contribution < 1.29 is 14.7 Å². The summed E-state index contributed by atoms with van der Waals surface area (Å²) in [4.78, 5) is 27.9. The lowest BCUT2D eigenvalue weighted by atomic mass is 9.72. The van der Waals surface area contributed by atoms with Crippen LogP contribution in [-0.2, 0) is 29.0 Å². The predicted molar refractivity (Wildman–Crippen MR) is 131 cm³/mol. The first-order valence-electron chi connectivity index (χ1n) is 12.2. The van der Waals surface area contributed by atoms with E-state index in [2.05, 4.69) is 30.0 Å². The van der Waals surface area contributed by atoms with Gasteiger partial charge >= 0.3 is 5.97 Å². The van der Waals surface area contributed by atoms with Crippen LogP contribution in [0.2, 0.25) is 0 Å². The van der Waals surface area contributed by atoms with Gasteiger partial charge in [-0.05, 0) is 55.9 Å². The van der Waals surface area contributed by atoms with Gasteiger partial charge in [0, 0.05) is 28.3 Å². The maximum Gasteiger partial charge on any atom is 0.323 e. The molecule has 5 nitrogen and oxygen atoms in total. The number of fused-ring (bicyclic) bond motifs is 3. The Balaban J connectivity index is 1.54. The normalized spacial score (nSPS) is 21.0. The summed E-state index contributed by atoms with van der Waals surface area (Å²) in [5, 5.41) is 10.6. The Kier molecular flexibility index (Phi) is 5.73. The van der Waals surface area contributed by atoms with Gasteiger partial charge in [-0.15, -0.1) is 0 Å². The average Bonchev–Trinajstić information content (AvgIpc) is 3.13. The Morgan fingerprint density at radius 2 is 1.73 bits per heavy atom. The van der Waals surface area contributed by atoms with Crippen LogP contribution in [0.4, 0.5) is 5.69 Å². The maximum absolute atomic E-state index is 14.3. The first-order valence-corrected chi connectivity index (χ1v) is 12.2. The second-order valence-corrected chi connectivity index (χ2v) is 9.96. The van der Waals surface area contributed by atoms with Gasteiger partial charge in [-0.25, -0.2) is 0 Å². The number of aromatic nitrogens is 1. The van der Waals surface area contributed by atoms with Crippen molar-refractivity contribution >= 4 is 28.5 Å². The standard InChI is InChI=1S/C28H32N2O3/c1-28(27(33)30(20-10-4-2-5-11-20)21-12-6-3-7-13-21)17-16-25-23(18-28)22-14-8-9-15-24(22)29(25)19-26(31)32/h2,4-5,8-11,14-15,21H,3,6-7,12-13,16-19H2,1H3,(H,31,32). The highest BCUT2D eigenvalue weighted by atomic mass is 16.4. The molecule has 0 saturated heterocycles. The van der Waals surface area contributed by atoms with Crippen molar-refractivity contribution in [3.8, 4) is 0 Å². The molecule has 0 radical (unpaired) electrons. The van der Waals surface area contributed by atoms with E-state index in [-0.39, 0.29) is 18.5 Å². The van der Waals surface area contributed by atoms with Crippen LogP contribution in [0.5, 0.6) is 0 Å². The third-order valence-corrected chi connectivity index (χ3v) is 7.68. The molecule has 0 spiro atoms. The molecule has 1 saturated carbocycles. The second kappa shape index (κ2) is 8.69. The van der Waals surface area contributed by atoms with Gasteiger partial charge < -0.3 is 14.6 Å². The lowest BCUT2D eigenvalue weighted by molar-refractivity contribution is -0.137. The van der Waals surface area contributed by atoms with Crippen LogP contribution in [0.1, 0.15) is 56.7 Å². The van der Waals surface area contributed by atoms with Gasteiger partial charge in [-0.3, -0.25) is 9.59 Å². The smallest absolute Gasteiger partial charge is 0.323 e. The SMILES string of the molecule is CC1(C(=O)N(c2ccccc2)C2CCCCC2)CCc2c(c3ccccc3n2CC(=O)O)C1. The molecule has 5 heteroatoms. The molecule has 1 amide bonds. The molecular formula is C28H32N2O3. The highest BCUT2D eigenvalue weighted by Crippen LogP contribution is 2.43. The highest BCUT2D eigenvalue weighted by Gasteiger charge is 2.43. The molecule has 2 aliphatic rings. The molecule has 33 heavy (non-hydrogen) atoms. The second-order valence-electron chi connectivity index (χ2n) is 9.96. The van der Waals surface area contributed by atoms with E-state index in [1.165, 1.54) is 19.3 Å². The number of para-hydroxylation sites is 2. The molecule has 1 unspecified atom stereocenters. The third kappa shape index (κ3) is 3.94. The van der Waals surface area contributed by atoms with Crippen molar-refractivity contribution in [1.29, 1.82) is 0 Å². The molecule has 1 N–H and O–H groups in total. The summed E-state index contributed by atoms with van der Waals surface area (Å²) in [5.41, 5.74) is 3.65. The minimum atomic E-state index is -0.837. The summed E-state index contributed by atoms with van der Waals surface area (Å²) in [7, 11) is 0. The van der Waals surface area contributed by atoms with Gasteiger partial charge in [0.25, 0.3) is 0 Å². The summed E-state index contributed by atoms with van der Waals surface area (Å²) >= 11 is 0. The number of carbonyl (C=O) groups excluding carboxylic acids is 1. The number of amides is 1. The number of carboxylic acid groups (broad SMARTS) is 1. The fourth-order valence-electron chi connectivity index (χ4n) is 5.99. The maximum atomic E-state index is 14.3. The molecule has 1 fully saturated rings. The van der Waals surface area contributed by atoms with Gasteiger partial charge in [-0.2, -0.15) is 0 Å². The van der Waals surface area contributed by atoms with Gasteiger partial charge in [0.2, 0.25) is 5.91 Å². The molecule has 1 atom stereocenters. The fourth-order valence-corrected chi connectivity index (χ4v) is 5.99. The zero-order valence-corrected chi connectivity index (χ0v) is 19.3. The van der Waals surface area contributed by atoms with Gasteiger partial charge in [0.05, 0.1) is 5.41 Å². The number of carboxylic acids is 1. The van der Waals surface area contributed by atoms with Crippen LogP contribution in [0.3, 0.4) is 0 Å². The average molecular weight is 445 g/mol. The summed E-state index contributed by atoms with van der Waals surface area (Å²) in [6.45, 7) is 2.07. The molecule has 0 aliphatic heterocycles. The van der Waals surface area contributed by atoms with E-state index in [1.54, 1.807) is 0 Å². The molecule has 3 aromatic rings. The van der Waals surface area contributed by atoms with E-state index < -0.39 is 11.4 Å². The zero-order valence-electron chi connectivity index (χ0n) is 19.3. The molecule has 1 heterocycles. The third-order valence-electron chi connectivity index (χ3n) is 7.68. The van der Waals surface area contributed by atoms with Crippen LogP contribution in [0, 0.1) is 5.41 Å². The molecule has 2 aliphatic carbocycles. The van der Waals surface area contributed by atoms with Crippen LogP contribution < -0.4 is 4.90 Å². The van der Waals surface area contributed by atoms with Crippen molar-refractivity contribution in [2.75, 3.05) is 4.90 Å². The Hall–Kier alpha value is -3.08. The van der Waals surface area contributed by atoms with Crippen LogP contribution in [-0.4, -0.2) is 27.6 Å². The van der Waals surface area contributed by atoms with E-state index in [9.17, 15) is 14.7 Å². The van der Waals surface area contributed by atoms with Gasteiger partial charge in [-0.1, -0.05) is 62.6 Å². The highest BCUT2D eigenvalue weighted by molar-refractivity contribution is 5.99. The molecule has 172 valence electrons. The summed E-state index contributed by atoms with van der Waals surface area (Å²) in [5.74, 6) is -0.628. The van der Waals surface area contributed by atoms with Crippen molar-refractivity contribution in [2.45, 2.75) is 70.9 Å². The van der Waals surface area contributed by atoms with Gasteiger partial charge in [0.15, 0.2) is 0 Å². The lowest BCUT2D eigenvalue weighted by Gasteiger charge is -2.42. The van der Waals surface area contributed by atoms with Crippen molar-refractivity contribution in [3.63, 3.8) is 0 Å². The summed E-state index contributed by atoms with van der Waals surface area (Å²) in [6.07, 6.45) is 7.79. The number of carbonyl (C=O) groups is 2. The topological polar surface area (TPSA) is 62.5 Å². The first-order chi connectivity index (χ1) is 16.0. The molecule has 1 aromatic heterocycles. The van der Waals surface area contributed by atoms with Crippen LogP contribution >= 0.6 is 0 Å². The number of benzene rings is 2. The van der Waals surface area contributed by atoms with E-state index in [0.717, 1.165) is 47.1 Å². The Morgan fingerprint density at radius 3 is 2.45 bits per heavy atom. The van der Waals surface area contributed by atoms with Gasteiger partial charge in [0.1, 0.15) is 6.54 Å². The number of aliphatic carboxylic acids is 1. The van der Waals surface area contributed by atoms with Crippen molar-refractivity contribution in [1.82, 2.24) is 4.57 Å². The zero-order chi connectivity index (χ0) is 23.0. The molecule has 5 rings (SSSR count). The summed E-state index contributed by atoms with van der Waals surface area (Å²) in [6, 6.07) is 18.4. The Bertz CT molecular complexity index is 1180. The number of anilines is 1. The van der Waals surface area contributed by atoms with E-state index >= 15 is 0 Å². The molecule has 2 aromatic carbocycles. The first kappa shape index (κ1) is 21.7. The van der Waals surface area contributed by atoms with Crippen LogP contribution in [0.15, 0.2) is 54.6 Å². The monoisotopic (exact) mass is 444 g/mol. The summed E-state index contributed by atoms with van der Waals surface area (Å²) < 4.78 is 1.94. The number of nitrogens with zero attached hydrogens (tertiary/aromatic N) is 2. The van der Waals surface area contributed by atoms with Crippen molar-refractivity contribution in [2.24, 2.45) is 5.41 Å². The fraction of sp³-hybridized carbons (Fsp3) is 0.429. The Labute approximate surface area is 195 Å². The minimum Gasteiger partial charge on any atom is -0.480 e. The predicted octanol–water partition coefficient (Wildman–Crippen LogP) is 5.59. The largest absolute Gasteiger partial charge is 0.480 e. The molecular weight excluding hydrogens is 412 g/mol. The minimum absolute atomic E-state index is 0.0429. The van der Waals surface area contributed by atoms with E-state index in [1.807, 2.05) is 41.0 Å². The number of hydrogen-bond acceptors (Lipinski definition) is 2. The molecule has 0 bridgehead atoms. The number of hydrogen-bond donors (Lipinski definition) is 1. The Morgan fingerprint density at radius 1 is 1.03 bits per heavy atom. The quantitative estimate of drug-likeness (QED) is 0.558. The van der Waals surface area contributed by atoms with Crippen molar-refractivity contribution in [3.05, 3.63) is 65.9 Å². The lowest BCUT2D eigenvalue weighted by Crippen LogP contribution is -2.50. The van der Waals surface area contributed by atoms with E-state index in [0.29, 0.717) is 12.8 Å². The van der Waals surface area contributed by atoms with E-state index in [4.69, 9.17) is 0 Å². The van der Waals surface area contributed by atoms with Crippen LogP contribution in [0.25, 0.3) is 10.9 Å². The number of rotatable bonds is 5.